The van der Waals surface area contributed by atoms with Gasteiger partial charge in [0.25, 0.3) is 0 Å². The third kappa shape index (κ3) is 6.58. The van der Waals surface area contributed by atoms with Gasteiger partial charge in [0.15, 0.2) is 0 Å². The minimum absolute atomic E-state index is 0.104. The van der Waals surface area contributed by atoms with E-state index in [0.717, 1.165) is 6.08 Å². The third-order valence-corrected chi connectivity index (χ3v) is 1.63. The second kappa shape index (κ2) is 7.44. The fraction of sp³-hybridized carbons (Fsp3) is 0.500. The number of aliphatic carboxylic acids is 1. The van der Waals surface area contributed by atoms with E-state index < -0.39 is 30.4 Å². The number of carboxylic acids is 1. The van der Waals surface area contributed by atoms with Gasteiger partial charge in [-0.05, 0) is 6.42 Å². The predicted molar refractivity (Wildman–Crippen MR) is 53.6 cm³/mol. The summed E-state index contributed by atoms with van der Waals surface area (Å²) in [6, 6.07) is 0. The monoisotopic (exact) mass is 230 g/mol. The molecule has 90 valence electrons. The number of carbonyl (C=O) groups is 3. The van der Waals surface area contributed by atoms with Crippen molar-refractivity contribution < 1.29 is 29.0 Å². The van der Waals surface area contributed by atoms with Gasteiger partial charge in [-0.25, -0.2) is 4.79 Å². The molecule has 1 N–H and O–H groups in total. The fourth-order valence-corrected chi connectivity index (χ4v) is 0.820. The number of hydrogen-bond donors (Lipinski definition) is 1. The van der Waals surface area contributed by atoms with Crippen LogP contribution in [0, 0.1) is 0 Å². The van der Waals surface area contributed by atoms with Crippen molar-refractivity contribution in [1.29, 1.82) is 0 Å². The highest BCUT2D eigenvalue weighted by Gasteiger charge is 2.16. The summed E-state index contributed by atoms with van der Waals surface area (Å²) < 4.78 is 9.44. The third-order valence-electron chi connectivity index (χ3n) is 1.63. The van der Waals surface area contributed by atoms with Crippen LogP contribution in [0.5, 0.6) is 0 Å². The van der Waals surface area contributed by atoms with Crippen molar-refractivity contribution in [2.24, 2.45) is 0 Å². The Morgan fingerprint density at radius 1 is 1.44 bits per heavy atom. The zero-order valence-corrected chi connectivity index (χ0v) is 8.97. The molecule has 0 aromatic heterocycles. The van der Waals surface area contributed by atoms with E-state index in [-0.39, 0.29) is 6.61 Å². The topological polar surface area (TPSA) is 89.9 Å². The average molecular weight is 230 g/mol. The van der Waals surface area contributed by atoms with Crippen LogP contribution in [0.4, 0.5) is 0 Å². The van der Waals surface area contributed by atoms with Crippen LogP contribution in [0.2, 0.25) is 0 Å². The first kappa shape index (κ1) is 14.2. The van der Waals surface area contributed by atoms with E-state index in [0.29, 0.717) is 6.42 Å². The van der Waals surface area contributed by atoms with Crippen LogP contribution >= 0.6 is 0 Å². The smallest absolute Gasteiger partial charge is 0.330 e. The predicted octanol–water partition coefficient (Wildman–Crippen LogP) is 0.512. The summed E-state index contributed by atoms with van der Waals surface area (Å²) >= 11 is 0. The van der Waals surface area contributed by atoms with E-state index in [4.69, 9.17) is 9.84 Å². The summed E-state index contributed by atoms with van der Waals surface area (Å²) in [6.45, 7) is 4.82. The van der Waals surface area contributed by atoms with Gasteiger partial charge in [0.2, 0.25) is 0 Å². The molecule has 6 nitrogen and oxygen atoms in total. The molecule has 0 aliphatic carbocycles. The van der Waals surface area contributed by atoms with Crippen LogP contribution < -0.4 is 0 Å². The quantitative estimate of drug-likeness (QED) is 0.389. The number of esters is 2. The summed E-state index contributed by atoms with van der Waals surface area (Å²) in [5, 5.41) is 8.33. The first-order valence-corrected chi connectivity index (χ1v) is 4.70. The number of carboxylic acid groups (broad SMARTS) is 1. The van der Waals surface area contributed by atoms with Crippen LogP contribution in [0.15, 0.2) is 12.7 Å². The Balaban J connectivity index is 3.99. The molecule has 0 rings (SSSR count). The van der Waals surface area contributed by atoms with Gasteiger partial charge in [0, 0.05) is 6.08 Å². The molecule has 0 spiro atoms. The lowest BCUT2D eigenvalue weighted by Crippen LogP contribution is -2.25. The van der Waals surface area contributed by atoms with Crippen LogP contribution in [-0.2, 0) is 23.9 Å². The molecule has 6 heteroatoms. The Bertz CT molecular complexity index is 283. The van der Waals surface area contributed by atoms with E-state index in [1.54, 1.807) is 6.92 Å². The highest BCUT2D eigenvalue weighted by Crippen LogP contribution is 2.02. The highest BCUT2D eigenvalue weighted by atomic mass is 16.6. The fourth-order valence-electron chi connectivity index (χ4n) is 0.820. The van der Waals surface area contributed by atoms with E-state index in [9.17, 15) is 14.4 Å². The zero-order valence-electron chi connectivity index (χ0n) is 8.97. The molecule has 0 heterocycles. The lowest BCUT2D eigenvalue weighted by molar-refractivity contribution is -0.160. The van der Waals surface area contributed by atoms with Gasteiger partial charge < -0.3 is 14.6 Å². The minimum Gasteiger partial charge on any atom is -0.481 e. The van der Waals surface area contributed by atoms with Crippen LogP contribution in [0.25, 0.3) is 0 Å². The Labute approximate surface area is 92.8 Å². The lowest BCUT2D eigenvalue weighted by atomic mass is 10.3. The van der Waals surface area contributed by atoms with Crippen molar-refractivity contribution >= 4 is 17.9 Å². The van der Waals surface area contributed by atoms with E-state index in [1.807, 2.05) is 0 Å². The molecule has 0 aliphatic heterocycles. The van der Waals surface area contributed by atoms with Crippen molar-refractivity contribution in [3.63, 3.8) is 0 Å². The van der Waals surface area contributed by atoms with Gasteiger partial charge in [-0.15, -0.1) is 0 Å². The van der Waals surface area contributed by atoms with Gasteiger partial charge in [-0.2, -0.15) is 0 Å². The maximum Gasteiger partial charge on any atom is 0.330 e. The van der Waals surface area contributed by atoms with Crippen LogP contribution in [0.1, 0.15) is 19.8 Å². The number of carbonyl (C=O) groups excluding carboxylic acids is 2. The molecule has 0 amide bonds. The molecule has 0 saturated carbocycles. The SMILES string of the molecule is C=CC(=O)OCC(CC)OC(=O)CC(=O)O. The number of ether oxygens (including phenoxy) is 2. The molecule has 0 aliphatic rings. The van der Waals surface area contributed by atoms with Gasteiger partial charge in [0.05, 0.1) is 0 Å². The Morgan fingerprint density at radius 2 is 2.06 bits per heavy atom. The Hall–Kier alpha value is -1.85. The summed E-state index contributed by atoms with van der Waals surface area (Å²) in [5.74, 6) is -2.73. The second-order valence-corrected chi connectivity index (χ2v) is 2.92. The lowest BCUT2D eigenvalue weighted by Gasteiger charge is -2.14. The Kier molecular flexibility index (Phi) is 6.58. The number of hydrogen-bond acceptors (Lipinski definition) is 5. The van der Waals surface area contributed by atoms with Crippen molar-refractivity contribution in [2.75, 3.05) is 6.61 Å². The molecule has 1 atom stereocenters. The molecule has 1 unspecified atom stereocenters. The van der Waals surface area contributed by atoms with Gasteiger partial charge >= 0.3 is 17.9 Å². The first-order chi connectivity index (χ1) is 7.49. The first-order valence-electron chi connectivity index (χ1n) is 4.70. The summed E-state index contributed by atoms with van der Waals surface area (Å²) in [6.07, 6.45) is 0.0868. The maximum atomic E-state index is 11.0. The Morgan fingerprint density at radius 3 is 2.50 bits per heavy atom. The van der Waals surface area contributed by atoms with Crippen LogP contribution in [0.3, 0.4) is 0 Å². The van der Waals surface area contributed by atoms with Gasteiger partial charge in [-0.3, -0.25) is 9.59 Å². The molecule has 0 saturated heterocycles. The molecular formula is C10H14O6. The van der Waals surface area contributed by atoms with Crippen molar-refractivity contribution in [2.45, 2.75) is 25.9 Å². The molecule has 0 bridgehead atoms. The normalized spacial score (nSPS) is 11.3. The molecule has 0 aromatic rings. The standard InChI is InChI=1S/C10H14O6/c1-3-7(6-15-9(13)4-2)16-10(14)5-8(11)12/h4,7H,2-3,5-6H2,1H3,(H,11,12). The largest absolute Gasteiger partial charge is 0.481 e. The summed E-state index contributed by atoms with van der Waals surface area (Å²) in [4.78, 5) is 31.9. The van der Waals surface area contributed by atoms with Crippen molar-refractivity contribution in [3.05, 3.63) is 12.7 Å². The second-order valence-electron chi connectivity index (χ2n) is 2.92. The van der Waals surface area contributed by atoms with Gasteiger partial charge in [0.1, 0.15) is 19.1 Å². The zero-order chi connectivity index (χ0) is 12.6. The minimum atomic E-state index is -1.26. The molecule has 0 radical (unpaired) electrons. The number of rotatable bonds is 7. The van der Waals surface area contributed by atoms with E-state index in [2.05, 4.69) is 11.3 Å². The van der Waals surface area contributed by atoms with E-state index >= 15 is 0 Å². The highest BCUT2D eigenvalue weighted by molar-refractivity contribution is 5.90. The molecule has 0 fully saturated rings. The average Bonchev–Trinajstić information content (AvgIpc) is 2.22. The maximum absolute atomic E-state index is 11.0. The molecular weight excluding hydrogens is 216 g/mol. The van der Waals surface area contributed by atoms with Gasteiger partial charge in [-0.1, -0.05) is 13.5 Å². The summed E-state index contributed by atoms with van der Waals surface area (Å²) in [5.41, 5.74) is 0. The van der Waals surface area contributed by atoms with E-state index in [1.165, 1.54) is 0 Å². The van der Waals surface area contributed by atoms with Crippen molar-refractivity contribution in [1.82, 2.24) is 0 Å². The molecule has 0 aromatic carbocycles. The van der Waals surface area contributed by atoms with Crippen molar-refractivity contribution in [3.8, 4) is 0 Å². The molecule has 16 heavy (non-hydrogen) atoms. The summed E-state index contributed by atoms with van der Waals surface area (Å²) in [7, 11) is 0. The van der Waals surface area contributed by atoms with Crippen LogP contribution in [-0.4, -0.2) is 35.7 Å².